The van der Waals surface area contributed by atoms with Gasteiger partial charge in [-0.3, -0.25) is 9.69 Å². The molecule has 118 valence electrons. The second kappa shape index (κ2) is 6.08. The molecule has 0 amide bonds. The maximum atomic E-state index is 10.9. The van der Waals surface area contributed by atoms with E-state index < -0.39 is 5.97 Å². The predicted molar refractivity (Wildman–Crippen MR) is 85.9 cm³/mol. The molecule has 0 saturated carbocycles. The van der Waals surface area contributed by atoms with Crippen LogP contribution in [0.1, 0.15) is 51.0 Å². The Morgan fingerprint density at radius 3 is 2.91 bits per heavy atom. The van der Waals surface area contributed by atoms with E-state index in [1.165, 1.54) is 0 Å². The number of rotatable bonds is 5. The minimum atomic E-state index is -0.733. The quantitative estimate of drug-likeness (QED) is 0.921. The third-order valence-corrected chi connectivity index (χ3v) is 4.41. The molecule has 1 saturated heterocycles. The molecule has 1 aliphatic heterocycles. The summed E-state index contributed by atoms with van der Waals surface area (Å²) in [6.45, 7) is 5.91. The molecule has 1 unspecified atom stereocenters. The van der Waals surface area contributed by atoms with Crippen molar-refractivity contribution in [3.05, 3.63) is 30.1 Å². The third-order valence-electron chi connectivity index (χ3n) is 4.41. The van der Waals surface area contributed by atoms with Crippen molar-refractivity contribution in [2.75, 3.05) is 13.1 Å². The highest BCUT2D eigenvalue weighted by atomic mass is 16.4. The number of nitrogens with zero attached hydrogens (tertiary/aromatic N) is 3. The Morgan fingerprint density at radius 2 is 2.18 bits per heavy atom. The van der Waals surface area contributed by atoms with Gasteiger partial charge in [-0.05, 0) is 45.4 Å². The smallest absolute Gasteiger partial charge is 0.304 e. The minimum Gasteiger partial charge on any atom is -0.481 e. The second-order valence-corrected chi connectivity index (χ2v) is 6.26. The van der Waals surface area contributed by atoms with Crippen LogP contribution in [0.5, 0.6) is 0 Å². The molecule has 0 radical (unpaired) electrons. The predicted octanol–water partition coefficient (Wildman–Crippen LogP) is 3.23. The van der Waals surface area contributed by atoms with E-state index in [4.69, 9.17) is 10.1 Å². The molecule has 2 aromatic rings. The lowest BCUT2D eigenvalue weighted by molar-refractivity contribution is -0.137. The van der Waals surface area contributed by atoms with Gasteiger partial charge in [0.1, 0.15) is 5.82 Å². The lowest BCUT2D eigenvalue weighted by Crippen LogP contribution is -2.28. The van der Waals surface area contributed by atoms with Crippen molar-refractivity contribution in [1.82, 2.24) is 14.5 Å². The third kappa shape index (κ3) is 2.73. The van der Waals surface area contributed by atoms with Crippen LogP contribution in [0.25, 0.3) is 11.0 Å². The van der Waals surface area contributed by atoms with Crippen LogP contribution in [0.4, 0.5) is 0 Å². The average molecular weight is 301 g/mol. The monoisotopic (exact) mass is 301 g/mol. The summed E-state index contributed by atoms with van der Waals surface area (Å²) in [5.74, 6) is 0.349. The van der Waals surface area contributed by atoms with Gasteiger partial charge in [0.2, 0.25) is 0 Å². The summed E-state index contributed by atoms with van der Waals surface area (Å²) < 4.78 is 2.30. The number of para-hydroxylation sites is 2. The fourth-order valence-electron chi connectivity index (χ4n) is 3.47. The molecule has 3 rings (SSSR count). The maximum absolute atomic E-state index is 10.9. The van der Waals surface area contributed by atoms with Gasteiger partial charge in [-0.25, -0.2) is 4.98 Å². The SMILES string of the molecule is CC(C)n1c(C2CCCN2CCC(=O)O)nc2ccccc21. The minimum absolute atomic E-state index is 0.193. The Balaban J connectivity index is 1.97. The van der Waals surface area contributed by atoms with E-state index in [-0.39, 0.29) is 12.5 Å². The fourth-order valence-corrected chi connectivity index (χ4v) is 3.47. The van der Waals surface area contributed by atoms with Crippen LogP contribution in [0.3, 0.4) is 0 Å². The summed E-state index contributed by atoms with van der Waals surface area (Å²) in [7, 11) is 0. The summed E-state index contributed by atoms with van der Waals surface area (Å²) in [5, 5.41) is 8.94. The topological polar surface area (TPSA) is 58.4 Å². The molecule has 5 heteroatoms. The summed E-state index contributed by atoms with van der Waals surface area (Å²) in [6, 6.07) is 8.79. The Hall–Kier alpha value is -1.88. The van der Waals surface area contributed by atoms with E-state index in [0.717, 1.165) is 36.2 Å². The first-order chi connectivity index (χ1) is 10.6. The van der Waals surface area contributed by atoms with Gasteiger partial charge in [-0.2, -0.15) is 0 Å². The zero-order valence-corrected chi connectivity index (χ0v) is 13.2. The van der Waals surface area contributed by atoms with E-state index in [1.54, 1.807) is 0 Å². The molecule has 1 atom stereocenters. The number of fused-ring (bicyclic) bond motifs is 1. The number of carboxylic acid groups (broad SMARTS) is 1. The zero-order chi connectivity index (χ0) is 15.7. The Bertz CT molecular complexity index is 678. The van der Waals surface area contributed by atoms with Gasteiger partial charge in [0.05, 0.1) is 23.5 Å². The molecular weight excluding hydrogens is 278 g/mol. The molecule has 22 heavy (non-hydrogen) atoms. The maximum Gasteiger partial charge on any atom is 0.304 e. The van der Waals surface area contributed by atoms with Crippen LogP contribution in [0, 0.1) is 0 Å². The average Bonchev–Trinajstić information content (AvgIpc) is 3.08. The van der Waals surface area contributed by atoms with Crippen molar-refractivity contribution in [3.63, 3.8) is 0 Å². The molecule has 0 bridgehead atoms. The van der Waals surface area contributed by atoms with E-state index >= 15 is 0 Å². The molecule has 5 nitrogen and oxygen atoms in total. The second-order valence-electron chi connectivity index (χ2n) is 6.26. The largest absolute Gasteiger partial charge is 0.481 e. The van der Waals surface area contributed by atoms with Gasteiger partial charge in [0.15, 0.2) is 0 Å². The summed E-state index contributed by atoms with van der Waals surface area (Å²) in [5.41, 5.74) is 2.19. The number of aromatic nitrogens is 2. The Labute approximate surface area is 130 Å². The highest BCUT2D eigenvalue weighted by molar-refractivity contribution is 5.76. The number of likely N-dealkylation sites (tertiary alicyclic amines) is 1. The molecule has 1 fully saturated rings. The molecular formula is C17H23N3O2. The zero-order valence-electron chi connectivity index (χ0n) is 13.2. The molecule has 1 N–H and O–H groups in total. The van der Waals surface area contributed by atoms with E-state index in [0.29, 0.717) is 12.6 Å². The van der Waals surface area contributed by atoms with Crippen molar-refractivity contribution >= 4 is 17.0 Å². The van der Waals surface area contributed by atoms with Gasteiger partial charge < -0.3 is 9.67 Å². The number of hydrogen-bond donors (Lipinski definition) is 1. The molecule has 1 aromatic carbocycles. The first-order valence-electron chi connectivity index (χ1n) is 8.00. The lowest BCUT2D eigenvalue weighted by atomic mass is 10.2. The first-order valence-corrected chi connectivity index (χ1v) is 8.00. The van der Waals surface area contributed by atoms with Crippen molar-refractivity contribution in [2.24, 2.45) is 0 Å². The molecule has 1 aliphatic rings. The van der Waals surface area contributed by atoms with E-state index in [2.05, 4.69) is 29.4 Å². The number of carboxylic acids is 1. The number of imidazole rings is 1. The van der Waals surface area contributed by atoms with Gasteiger partial charge in [-0.15, -0.1) is 0 Å². The van der Waals surface area contributed by atoms with Crippen LogP contribution >= 0.6 is 0 Å². The number of hydrogen-bond acceptors (Lipinski definition) is 3. The van der Waals surface area contributed by atoms with Crippen molar-refractivity contribution < 1.29 is 9.90 Å². The highest BCUT2D eigenvalue weighted by Crippen LogP contribution is 2.34. The number of benzene rings is 1. The molecule has 1 aromatic heterocycles. The summed E-state index contributed by atoms with van der Waals surface area (Å²) >= 11 is 0. The van der Waals surface area contributed by atoms with Gasteiger partial charge in [0.25, 0.3) is 0 Å². The van der Waals surface area contributed by atoms with Gasteiger partial charge in [0, 0.05) is 12.6 Å². The number of aliphatic carboxylic acids is 1. The molecule has 0 spiro atoms. The summed E-state index contributed by atoms with van der Waals surface area (Å²) in [4.78, 5) is 18.0. The van der Waals surface area contributed by atoms with E-state index in [9.17, 15) is 4.79 Å². The molecule has 2 heterocycles. The van der Waals surface area contributed by atoms with Crippen molar-refractivity contribution in [2.45, 2.75) is 45.2 Å². The molecule has 0 aliphatic carbocycles. The van der Waals surface area contributed by atoms with Crippen LogP contribution < -0.4 is 0 Å². The van der Waals surface area contributed by atoms with Crippen molar-refractivity contribution in [1.29, 1.82) is 0 Å². The van der Waals surface area contributed by atoms with Gasteiger partial charge in [-0.1, -0.05) is 12.1 Å². The van der Waals surface area contributed by atoms with Crippen LogP contribution in [-0.2, 0) is 4.79 Å². The van der Waals surface area contributed by atoms with E-state index in [1.807, 2.05) is 18.2 Å². The Kier molecular flexibility index (Phi) is 4.16. The summed E-state index contributed by atoms with van der Waals surface area (Å²) in [6.07, 6.45) is 2.35. The standard InChI is InChI=1S/C17H23N3O2/c1-12(2)20-14-7-4-3-6-13(14)18-17(20)15-8-5-10-19(15)11-9-16(21)22/h3-4,6-7,12,15H,5,8-11H2,1-2H3,(H,21,22). The lowest BCUT2D eigenvalue weighted by Gasteiger charge is -2.25. The first kappa shape index (κ1) is 15.0. The normalized spacial score (nSPS) is 19.3. The fraction of sp³-hybridized carbons (Fsp3) is 0.529. The Morgan fingerprint density at radius 1 is 1.41 bits per heavy atom. The van der Waals surface area contributed by atoms with Gasteiger partial charge >= 0.3 is 5.97 Å². The van der Waals surface area contributed by atoms with Crippen molar-refractivity contribution in [3.8, 4) is 0 Å². The van der Waals surface area contributed by atoms with Crippen LogP contribution in [-0.4, -0.2) is 38.6 Å². The van der Waals surface area contributed by atoms with Crippen LogP contribution in [0.15, 0.2) is 24.3 Å². The number of carbonyl (C=O) groups is 1. The van der Waals surface area contributed by atoms with Crippen LogP contribution in [0.2, 0.25) is 0 Å². The highest BCUT2D eigenvalue weighted by Gasteiger charge is 2.31.